The first kappa shape index (κ1) is 23.1. The van der Waals surface area contributed by atoms with Crippen molar-refractivity contribution < 1.29 is 9.90 Å². The number of phenolic OH excluding ortho intramolecular Hbond substituents is 1. The summed E-state index contributed by atoms with van der Waals surface area (Å²) in [5.74, 6) is -0.394. The standard InChI is InChI=1S/C30H22ClN3O2/c31-25-14-16-26(17-15-25)34-28(21-8-3-1-4-9-21)19-24(29(34)22-10-5-2-6-11-22)20-32-33-30(36)23-12-7-13-27(35)18-23/h1-20,35H,(H,33,36)/b32-20+. The molecule has 5 nitrogen and oxygen atoms in total. The Kier molecular flexibility index (Phi) is 6.65. The number of phenols is 1. The molecule has 176 valence electrons. The van der Waals surface area contributed by atoms with Crippen LogP contribution >= 0.6 is 11.6 Å². The first-order valence-corrected chi connectivity index (χ1v) is 11.7. The Bertz CT molecular complexity index is 1530. The maximum absolute atomic E-state index is 12.5. The van der Waals surface area contributed by atoms with Gasteiger partial charge in [0.15, 0.2) is 0 Å². The monoisotopic (exact) mass is 491 g/mol. The molecule has 0 radical (unpaired) electrons. The summed E-state index contributed by atoms with van der Waals surface area (Å²) in [6.07, 6.45) is 1.64. The first-order valence-electron chi connectivity index (χ1n) is 11.3. The molecule has 0 saturated heterocycles. The van der Waals surface area contributed by atoms with Gasteiger partial charge in [0.25, 0.3) is 5.91 Å². The predicted molar refractivity (Wildman–Crippen MR) is 145 cm³/mol. The molecule has 0 bridgehead atoms. The quantitative estimate of drug-likeness (QED) is 0.200. The van der Waals surface area contributed by atoms with Crippen molar-refractivity contribution >= 4 is 23.7 Å². The molecular weight excluding hydrogens is 470 g/mol. The van der Waals surface area contributed by atoms with Gasteiger partial charge in [-0.1, -0.05) is 78.3 Å². The minimum atomic E-state index is -0.413. The number of amides is 1. The maximum Gasteiger partial charge on any atom is 0.271 e. The Balaban J connectivity index is 1.63. The van der Waals surface area contributed by atoms with Gasteiger partial charge in [0.2, 0.25) is 0 Å². The summed E-state index contributed by atoms with van der Waals surface area (Å²) in [6, 6.07) is 36.0. The molecule has 5 rings (SSSR count). The zero-order chi connectivity index (χ0) is 24.9. The summed E-state index contributed by atoms with van der Waals surface area (Å²) >= 11 is 6.19. The van der Waals surface area contributed by atoms with Gasteiger partial charge in [0, 0.05) is 21.8 Å². The van der Waals surface area contributed by atoms with E-state index < -0.39 is 5.91 Å². The van der Waals surface area contributed by atoms with Gasteiger partial charge in [-0.3, -0.25) is 4.79 Å². The van der Waals surface area contributed by atoms with E-state index in [9.17, 15) is 9.90 Å². The van der Waals surface area contributed by atoms with Crippen molar-refractivity contribution in [2.75, 3.05) is 0 Å². The highest BCUT2D eigenvalue weighted by Gasteiger charge is 2.18. The largest absolute Gasteiger partial charge is 0.508 e. The van der Waals surface area contributed by atoms with Gasteiger partial charge in [-0.2, -0.15) is 5.10 Å². The maximum atomic E-state index is 12.5. The average molecular weight is 492 g/mol. The number of carbonyl (C=O) groups is 1. The molecule has 0 spiro atoms. The summed E-state index contributed by atoms with van der Waals surface area (Å²) in [5, 5.41) is 14.6. The molecule has 0 aliphatic heterocycles. The fourth-order valence-electron chi connectivity index (χ4n) is 4.07. The van der Waals surface area contributed by atoms with Crippen LogP contribution in [-0.2, 0) is 0 Å². The van der Waals surface area contributed by atoms with Crippen LogP contribution in [0.1, 0.15) is 15.9 Å². The summed E-state index contributed by atoms with van der Waals surface area (Å²) in [5.41, 5.74) is 8.57. The van der Waals surface area contributed by atoms with Crippen LogP contribution in [-0.4, -0.2) is 21.8 Å². The van der Waals surface area contributed by atoms with Crippen molar-refractivity contribution in [2.24, 2.45) is 5.10 Å². The van der Waals surface area contributed by atoms with Gasteiger partial charge in [0.05, 0.1) is 17.6 Å². The summed E-state index contributed by atoms with van der Waals surface area (Å²) in [7, 11) is 0. The van der Waals surface area contributed by atoms with Gasteiger partial charge in [0.1, 0.15) is 5.75 Å². The molecule has 0 saturated carbocycles. The van der Waals surface area contributed by atoms with Crippen LogP contribution in [0.25, 0.3) is 28.2 Å². The van der Waals surface area contributed by atoms with Crippen molar-refractivity contribution in [3.05, 3.63) is 131 Å². The highest BCUT2D eigenvalue weighted by atomic mass is 35.5. The van der Waals surface area contributed by atoms with Gasteiger partial charge in [-0.15, -0.1) is 0 Å². The number of halogens is 1. The lowest BCUT2D eigenvalue weighted by atomic mass is 10.1. The third kappa shape index (κ3) is 4.92. The third-order valence-corrected chi connectivity index (χ3v) is 5.96. The number of hydrogen-bond acceptors (Lipinski definition) is 3. The van der Waals surface area contributed by atoms with Crippen LogP contribution in [0.15, 0.2) is 120 Å². The van der Waals surface area contributed by atoms with E-state index in [0.717, 1.165) is 33.8 Å². The molecule has 1 amide bonds. The lowest BCUT2D eigenvalue weighted by Gasteiger charge is -2.15. The number of carbonyl (C=O) groups excluding carboxylic acids is 1. The number of hydrogen-bond donors (Lipinski definition) is 2. The lowest BCUT2D eigenvalue weighted by molar-refractivity contribution is 0.0954. The highest BCUT2D eigenvalue weighted by Crippen LogP contribution is 2.35. The molecule has 1 heterocycles. The van der Waals surface area contributed by atoms with Crippen LogP contribution in [0.4, 0.5) is 0 Å². The Morgan fingerprint density at radius 2 is 1.47 bits per heavy atom. The van der Waals surface area contributed by atoms with Crippen LogP contribution in [0.3, 0.4) is 0 Å². The summed E-state index contributed by atoms with van der Waals surface area (Å²) < 4.78 is 2.17. The number of nitrogens with zero attached hydrogens (tertiary/aromatic N) is 2. The van der Waals surface area contributed by atoms with Crippen molar-refractivity contribution in [3.8, 4) is 34.0 Å². The van der Waals surface area contributed by atoms with E-state index in [1.807, 2.05) is 72.8 Å². The van der Waals surface area contributed by atoms with E-state index in [1.165, 1.54) is 12.1 Å². The predicted octanol–water partition coefficient (Wildman–Crippen LogP) is 6.93. The van der Waals surface area contributed by atoms with Crippen LogP contribution in [0, 0.1) is 0 Å². The molecular formula is C30H22ClN3O2. The van der Waals surface area contributed by atoms with Gasteiger partial charge in [-0.05, 0) is 59.7 Å². The molecule has 0 aliphatic rings. The van der Waals surface area contributed by atoms with Crippen LogP contribution in [0.5, 0.6) is 5.75 Å². The fraction of sp³-hybridized carbons (Fsp3) is 0. The second kappa shape index (κ2) is 10.3. The number of benzene rings is 4. The van der Waals surface area contributed by atoms with Gasteiger partial charge in [-0.25, -0.2) is 5.43 Å². The Morgan fingerprint density at radius 1 is 0.806 bits per heavy atom. The minimum absolute atomic E-state index is 0.0190. The first-order chi connectivity index (χ1) is 17.6. The summed E-state index contributed by atoms with van der Waals surface area (Å²) in [4.78, 5) is 12.5. The van der Waals surface area contributed by atoms with E-state index in [2.05, 4.69) is 33.3 Å². The fourth-order valence-corrected chi connectivity index (χ4v) is 4.20. The smallest absolute Gasteiger partial charge is 0.271 e. The molecule has 2 N–H and O–H groups in total. The van der Waals surface area contributed by atoms with Crippen molar-refractivity contribution in [1.29, 1.82) is 0 Å². The average Bonchev–Trinajstić information content (AvgIpc) is 3.29. The molecule has 1 aromatic heterocycles. The molecule has 4 aromatic carbocycles. The van der Waals surface area contributed by atoms with E-state index in [0.29, 0.717) is 10.6 Å². The Morgan fingerprint density at radius 3 is 2.14 bits per heavy atom. The molecule has 0 atom stereocenters. The van der Waals surface area contributed by atoms with Gasteiger partial charge < -0.3 is 9.67 Å². The molecule has 5 aromatic rings. The van der Waals surface area contributed by atoms with E-state index in [-0.39, 0.29) is 5.75 Å². The normalized spacial score (nSPS) is 11.0. The van der Waals surface area contributed by atoms with Crippen LogP contribution < -0.4 is 5.43 Å². The number of rotatable bonds is 6. The highest BCUT2D eigenvalue weighted by molar-refractivity contribution is 6.30. The third-order valence-electron chi connectivity index (χ3n) is 5.71. The Hall–Kier alpha value is -4.61. The summed E-state index contributed by atoms with van der Waals surface area (Å²) in [6.45, 7) is 0. The molecule has 36 heavy (non-hydrogen) atoms. The number of nitrogens with one attached hydrogen (secondary N) is 1. The minimum Gasteiger partial charge on any atom is -0.508 e. The Labute approximate surface area is 213 Å². The van der Waals surface area contributed by atoms with E-state index in [4.69, 9.17) is 11.6 Å². The zero-order valence-electron chi connectivity index (χ0n) is 19.2. The van der Waals surface area contributed by atoms with Crippen molar-refractivity contribution in [1.82, 2.24) is 9.99 Å². The number of aromatic hydroxyl groups is 1. The number of aromatic nitrogens is 1. The topological polar surface area (TPSA) is 66.6 Å². The van der Waals surface area contributed by atoms with Crippen LogP contribution in [0.2, 0.25) is 5.02 Å². The van der Waals surface area contributed by atoms with Crippen molar-refractivity contribution in [3.63, 3.8) is 0 Å². The van der Waals surface area contributed by atoms with Gasteiger partial charge >= 0.3 is 0 Å². The second-order valence-corrected chi connectivity index (χ2v) is 8.56. The van der Waals surface area contributed by atoms with Crippen molar-refractivity contribution in [2.45, 2.75) is 0 Å². The molecule has 6 heteroatoms. The van der Waals surface area contributed by atoms with E-state index >= 15 is 0 Å². The molecule has 0 fully saturated rings. The zero-order valence-corrected chi connectivity index (χ0v) is 19.9. The number of hydrazone groups is 1. The molecule has 0 aliphatic carbocycles. The second-order valence-electron chi connectivity index (χ2n) is 8.13. The van der Waals surface area contributed by atoms with E-state index in [1.54, 1.807) is 18.3 Å². The SMILES string of the molecule is O=C(N/N=C/c1cc(-c2ccccc2)n(-c2ccc(Cl)cc2)c1-c1ccccc1)c1cccc(O)c1. The molecule has 0 unspecified atom stereocenters. The lowest BCUT2D eigenvalue weighted by Crippen LogP contribution is -2.17.